The Bertz CT molecular complexity index is 719. The standard InChI is InChI=1S/C12H10ClFN2O2S/c1-19(17,18)10-6-8(2-3-9(10)14)7-12-15-5-4-11(13)16-12/h2-6H,7H2,1H3. The average Bonchev–Trinajstić information content (AvgIpc) is 2.30. The molecule has 0 aliphatic carbocycles. The average molecular weight is 301 g/mol. The topological polar surface area (TPSA) is 59.9 Å². The highest BCUT2D eigenvalue weighted by Gasteiger charge is 2.14. The predicted molar refractivity (Wildman–Crippen MR) is 69.4 cm³/mol. The molecule has 0 atom stereocenters. The third-order valence-electron chi connectivity index (χ3n) is 2.43. The van der Waals surface area contributed by atoms with Crippen molar-refractivity contribution in [1.29, 1.82) is 0 Å². The molecule has 19 heavy (non-hydrogen) atoms. The second-order valence-electron chi connectivity index (χ2n) is 4.01. The molecule has 2 aromatic rings. The van der Waals surface area contributed by atoms with E-state index in [1.54, 1.807) is 0 Å². The van der Waals surface area contributed by atoms with Crippen molar-refractivity contribution in [2.45, 2.75) is 11.3 Å². The van der Waals surface area contributed by atoms with Gasteiger partial charge in [0.05, 0.1) is 0 Å². The molecule has 0 amide bonds. The molecule has 0 aliphatic rings. The number of nitrogens with zero attached hydrogens (tertiary/aromatic N) is 2. The summed E-state index contributed by atoms with van der Waals surface area (Å²) in [7, 11) is -3.60. The summed E-state index contributed by atoms with van der Waals surface area (Å²) in [5.41, 5.74) is 0.601. The summed E-state index contributed by atoms with van der Waals surface area (Å²) in [5.74, 6) is -0.322. The largest absolute Gasteiger partial charge is 0.241 e. The Labute approximate surface area is 115 Å². The fraction of sp³-hybridized carbons (Fsp3) is 0.167. The summed E-state index contributed by atoms with van der Waals surface area (Å²) >= 11 is 5.73. The Balaban J connectivity index is 2.37. The van der Waals surface area contributed by atoms with Crippen molar-refractivity contribution in [1.82, 2.24) is 9.97 Å². The molecule has 0 spiro atoms. The van der Waals surface area contributed by atoms with Crippen LogP contribution in [0.1, 0.15) is 11.4 Å². The Hall–Kier alpha value is -1.53. The van der Waals surface area contributed by atoms with Gasteiger partial charge in [-0.1, -0.05) is 17.7 Å². The van der Waals surface area contributed by atoms with Gasteiger partial charge in [0.1, 0.15) is 21.7 Å². The lowest BCUT2D eigenvalue weighted by Crippen LogP contribution is -2.03. The minimum Gasteiger partial charge on any atom is -0.241 e. The Morgan fingerprint density at radius 2 is 2.05 bits per heavy atom. The minimum absolute atomic E-state index is 0.281. The number of hydrogen-bond donors (Lipinski definition) is 0. The number of aromatic nitrogens is 2. The molecule has 0 aliphatic heterocycles. The van der Waals surface area contributed by atoms with Crippen LogP contribution in [0.4, 0.5) is 4.39 Å². The molecule has 1 heterocycles. The molecule has 1 aromatic heterocycles. The third kappa shape index (κ3) is 3.48. The molecule has 0 saturated heterocycles. The SMILES string of the molecule is CS(=O)(=O)c1cc(Cc2nccc(Cl)n2)ccc1F. The van der Waals surface area contributed by atoms with Crippen LogP contribution < -0.4 is 0 Å². The molecule has 100 valence electrons. The molecule has 0 fully saturated rings. The quantitative estimate of drug-likeness (QED) is 0.816. The van der Waals surface area contributed by atoms with Crippen molar-refractivity contribution in [3.8, 4) is 0 Å². The number of sulfone groups is 1. The van der Waals surface area contributed by atoms with E-state index >= 15 is 0 Å². The van der Waals surface area contributed by atoms with Gasteiger partial charge in [0.2, 0.25) is 0 Å². The summed E-state index contributed by atoms with van der Waals surface area (Å²) in [6.45, 7) is 0. The van der Waals surface area contributed by atoms with Gasteiger partial charge in [-0.25, -0.2) is 22.8 Å². The molecule has 0 bridgehead atoms. The lowest BCUT2D eigenvalue weighted by atomic mass is 10.1. The van der Waals surface area contributed by atoms with Crippen molar-refractivity contribution < 1.29 is 12.8 Å². The van der Waals surface area contributed by atoms with Crippen LogP contribution in [0.2, 0.25) is 5.15 Å². The van der Waals surface area contributed by atoms with Gasteiger partial charge < -0.3 is 0 Å². The molecule has 7 heteroatoms. The van der Waals surface area contributed by atoms with Gasteiger partial charge in [0, 0.05) is 18.9 Å². The Morgan fingerprint density at radius 1 is 1.32 bits per heavy atom. The zero-order valence-corrected chi connectivity index (χ0v) is 11.5. The summed E-state index contributed by atoms with van der Waals surface area (Å²) in [5, 5.41) is 0.301. The molecular formula is C12H10ClFN2O2S. The maximum absolute atomic E-state index is 13.4. The first kappa shape index (κ1) is 13.9. The van der Waals surface area contributed by atoms with Gasteiger partial charge in [-0.2, -0.15) is 0 Å². The zero-order valence-electron chi connectivity index (χ0n) is 9.97. The van der Waals surface area contributed by atoms with Crippen molar-refractivity contribution in [3.63, 3.8) is 0 Å². The first-order valence-electron chi connectivity index (χ1n) is 5.32. The van der Waals surface area contributed by atoms with E-state index in [9.17, 15) is 12.8 Å². The molecule has 2 rings (SSSR count). The van der Waals surface area contributed by atoms with Crippen molar-refractivity contribution in [2.24, 2.45) is 0 Å². The van der Waals surface area contributed by atoms with Gasteiger partial charge in [-0.3, -0.25) is 0 Å². The Morgan fingerprint density at radius 3 is 2.68 bits per heavy atom. The van der Waals surface area contributed by atoms with Crippen LogP contribution in [0.15, 0.2) is 35.4 Å². The summed E-state index contributed by atoms with van der Waals surface area (Å²) in [6.07, 6.45) is 2.75. The number of hydrogen-bond acceptors (Lipinski definition) is 4. The van der Waals surface area contributed by atoms with E-state index in [0.29, 0.717) is 16.5 Å². The van der Waals surface area contributed by atoms with E-state index in [1.807, 2.05) is 0 Å². The fourth-order valence-electron chi connectivity index (χ4n) is 1.58. The molecule has 0 N–H and O–H groups in total. The highest BCUT2D eigenvalue weighted by molar-refractivity contribution is 7.90. The van der Waals surface area contributed by atoms with E-state index in [2.05, 4.69) is 9.97 Å². The summed E-state index contributed by atoms with van der Waals surface area (Å²) < 4.78 is 36.3. The van der Waals surface area contributed by atoms with Crippen LogP contribution in [0.5, 0.6) is 0 Å². The molecule has 4 nitrogen and oxygen atoms in total. The van der Waals surface area contributed by atoms with Crippen LogP contribution in [0.3, 0.4) is 0 Å². The molecular weight excluding hydrogens is 291 g/mol. The second kappa shape index (κ2) is 5.22. The lowest BCUT2D eigenvalue weighted by Gasteiger charge is -2.05. The smallest absolute Gasteiger partial charge is 0.178 e. The van der Waals surface area contributed by atoms with Crippen molar-refractivity contribution in [3.05, 3.63) is 52.8 Å². The van der Waals surface area contributed by atoms with Gasteiger partial charge in [-0.15, -0.1) is 0 Å². The van der Waals surface area contributed by atoms with Gasteiger partial charge in [0.15, 0.2) is 9.84 Å². The maximum Gasteiger partial charge on any atom is 0.178 e. The summed E-state index contributed by atoms with van der Waals surface area (Å²) in [4.78, 5) is 7.68. The zero-order chi connectivity index (χ0) is 14.0. The third-order valence-corrected chi connectivity index (χ3v) is 3.75. The van der Waals surface area contributed by atoms with E-state index in [4.69, 9.17) is 11.6 Å². The molecule has 0 unspecified atom stereocenters. The van der Waals surface area contributed by atoms with Crippen LogP contribution >= 0.6 is 11.6 Å². The van der Waals surface area contributed by atoms with Crippen LogP contribution in [0.25, 0.3) is 0 Å². The van der Waals surface area contributed by atoms with E-state index in [1.165, 1.54) is 24.4 Å². The van der Waals surface area contributed by atoms with Crippen LogP contribution in [-0.2, 0) is 16.3 Å². The number of rotatable bonds is 3. The summed E-state index contributed by atoms with van der Waals surface area (Å²) in [6, 6.07) is 5.44. The van der Waals surface area contributed by atoms with Gasteiger partial charge >= 0.3 is 0 Å². The highest BCUT2D eigenvalue weighted by Crippen LogP contribution is 2.18. The first-order valence-corrected chi connectivity index (χ1v) is 7.59. The highest BCUT2D eigenvalue weighted by atomic mass is 35.5. The Kier molecular flexibility index (Phi) is 3.82. The number of benzene rings is 1. The lowest BCUT2D eigenvalue weighted by molar-refractivity contribution is 0.570. The normalized spacial score (nSPS) is 11.5. The van der Waals surface area contributed by atoms with Gasteiger partial charge in [-0.05, 0) is 23.8 Å². The van der Waals surface area contributed by atoms with Crippen LogP contribution in [-0.4, -0.2) is 24.6 Å². The van der Waals surface area contributed by atoms with Gasteiger partial charge in [0.25, 0.3) is 0 Å². The molecule has 0 radical (unpaired) electrons. The maximum atomic E-state index is 13.4. The van der Waals surface area contributed by atoms with Crippen molar-refractivity contribution in [2.75, 3.05) is 6.26 Å². The molecule has 1 aromatic carbocycles. The van der Waals surface area contributed by atoms with Crippen molar-refractivity contribution >= 4 is 21.4 Å². The molecule has 0 saturated carbocycles. The monoisotopic (exact) mass is 300 g/mol. The van der Waals surface area contributed by atoms with E-state index in [-0.39, 0.29) is 11.3 Å². The van der Waals surface area contributed by atoms with E-state index < -0.39 is 15.7 Å². The first-order chi connectivity index (χ1) is 8.86. The van der Waals surface area contributed by atoms with E-state index in [0.717, 1.165) is 12.3 Å². The predicted octanol–water partition coefficient (Wildman–Crippen LogP) is 2.26. The fourth-order valence-corrected chi connectivity index (χ4v) is 2.53. The minimum atomic E-state index is -3.60. The second-order valence-corrected chi connectivity index (χ2v) is 6.38. The van der Waals surface area contributed by atoms with Crippen LogP contribution in [0, 0.1) is 5.82 Å². The number of halogens is 2.